The summed E-state index contributed by atoms with van der Waals surface area (Å²) in [5, 5.41) is 5.92. The van der Waals surface area contributed by atoms with Crippen LogP contribution in [0.3, 0.4) is 0 Å². The van der Waals surface area contributed by atoms with E-state index in [1.54, 1.807) is 0 Å². The number of fused-ring (bicyclic) bond motifs is 2. The van der Waals surface area contributed by atoms with Gasteiger partial charge in [0.1, 0.15) is 6.17 Å². The van der Waals surface area contributed by atoms with E-state index in [1.165, 1.54) is 80.1 Å². The largest absolute Gasteiger partial charge is 0.333 e. The summed E-state index contributed by atoms with van der Waals surface area (Å²) >= 11 is 4.64. The minimum atomic E-state index is 0. The Bertz CT molecular complexity index is 1820. The molecule has 6 rings (SSSR count). The van der Waals surface area contributed by atoms with Gasteiger partial charge in [-0.2, -0.15) is 0 Å². The van der Waals surface area contributed by atoms with Crippen LogP contribution >= 0.6 is 11.6 Å². The third-order valence-electron chi connectivity index (χ3n) is 10.0. The molecule has 47 heavy (non-hydrogen) atoms. The third kappa shape index (κ3) is 6.49. The Labute approximate surface area is 289 Å². The number of alkyl halides is 1. The van der Waals surface area contributed by atoms with Crippen molar-refractivity contribution in [1.29, 1.82) is 0 Å². The minimum Gasteiger partial charge on any atom is -0.333 e. The lowest BCUT2D eigenvalue weighted by atomic mass is 9.98. The number of aromatic nitrogens is 2. The van der Waals surface area contributed by atoms with Gasteiger partial charge in [-0.05, 0) is 156 Å². The van der Waals surface area contributed by atoms with Gasteiger partial charge < -0.3 is 20.2 Å². The van der Waals surface area contributed by atoms with Gasteiger partial charge in [0.25, 0.3) is 0 Å². The maximum atomic E-state index is 5.35. The van der Waals surface area contributed by atoms with Crippen LogP contribution < -0.4 is 21.7 Å². The summed E-state index contributed by atoms with van der Waals surface area (Å²) in [6.45, 7) is 19.4. The van der Waals surface area contributed by atoms with E-state index < -0.39 is 0 Å². The van der Waals surface area contributed by atoms with Crippen molar-refractivity contribution in [2.75, 3.05) is 27.0 Å². The first-order valence-electron chi connectivity index (χ1n) is 17.0. The highest BCUT2D eigenvalue weighted by Gasteiger charge is 2.30. The molecule has 0 radical (unpaired) electrons. The highest BCUT2D eigenvalue weighted by molar-refractivity contribution is 6.24. The average molecular weight is 659 g/mol. The van der Waals surface area contributed by atoms with Crippen LogP contribution in [0.25, 0.3) is 24.3 Å². The van der Waals surface area contributed by atoms with Gasteiger partial charge in [0.2, 0.25) is 0 Å². The van der Waals surface area contributed by atoms with Crippen LogP contribution in [0.2, 0.25) is 0 Å². The quantitative estimate of drug-likeness (QED) is 0.225. The molecular formula is C40H59ClN6. The Morgan fingerprint density at radius 1 is 0.745 bits per heavy atom. The number of allylic oxidation sites excluding steroid dienone is 4. The zero-order valence-corrected chi connectivity index (χ0v) is 30.8. The summed E-state index contributed by atoms with van der Waals surface area (Å²) in [7, 11) is 3.55. The summed E-state index contributed by atoms with van der Waals surface area (Å²) in [5.41, 5.74) is 22.5. The Hall–Kier alpha value is -3.19. The Morgan fingerprint density at radius 2 is 1.32 bits per heavy atom. The van der Waals surface area contributed by atoms with Crippen molar-refractivity contribution in [3.05, 3.63) is 78.0 Å². The smallest absolute Gasteiger partial charge is 0.108 e. The van der Waals surface area contributed by atoms with Gasteiger partial charge in [0, 0.05) is 28.5 Å². The van der Waals surface area contributed by atoms with Gasteiger partial charge in [-0.15, -0.1) is 11.6 Å². The maximum absolute atomic E-state index is 5.35. The molecule has 256 valence electrons. The van der Waals surface area contributed by atoms with Gasteiger partial charge in [-0.25, -0.2) is 9.98 Å². The molecule has 0 saturated carbocycles. The molecule has 0 saturated heterocycles. The van der Waals surface area contributed by atoms with Crippen LogP contribution in [0.1, 0.15) is 114 Å². The summed E-state index contributed by atoms with van der Waals surface area (Å²) < 4.78 is 5.19. The summed E-state index contributed by atoms with van der Waals surface area (Å²) in [5.74, 6) is 0. The topological polar surface area (TPSA) is 72.6 Å². The first-order chi connectivity index (χ1) is 22.2. The normalized spacial score (nSPS) is 17.2. The van der Waals surface area contributed by atoms with E-state index in [0.29, 0.717) is 0 Å². The van der Waals surface area contributed by atoms with Crippen molar-refractivity contribution in [2.45, 2.75) is 108 Å². The predicted molar refractivity (Wildman–Crippen MR) is 208 cm³/mol. The summed E-state index contributed by atoms with van der Waals surface area (Å²) in [6.07, 6.45) is 17.3. The second-order valence-corrected chi connectivity index (χ2v) is 12.3. The second kappa shape index (κ2) is 16.3. The van der Waals surface area contributed by atoms with Gasteiger partial charge in [-0.1, -0.05) is 34.6 Å². The van der Waals surface area contributed by atoms with Gasteiger partial charge in [0.05, 0.1) is 22.8 Å². The Kier molecular flexibility index (Phi) is 13.2. The molecule has 0 aromatic carbocycles. The fourth-order valence-electron chi connectivity index (χ4n) is 7.70. The molecule has 2 aromatic rings. The van der Waals surface area contributed by atoms with Crippen LogP contribution in [0.15, 0.2) is 43.7 Å². The second-order valence-electron chi connectivity index (χ2n) is 12.3. The molecule has 3 N–H and O–H groups in total. The standard InChI is InChI=1S/C37H47N5.CH3Cl.CH5N.CH4/c1-10-14-28-22(5)30-17-34-23(6)27(12-3)36-18-31-21(4)26(11-2)32(39-31)19-35-24(7)29(15-13-16-38-9)37(20-33(28)40-30)42(35)25(8)41(34)36;2*1-2;/h17-20,25,38H,10-16H2,1-9H3;1H3;2H2,1H3;1H4. The molecule has 0 fully saturated rings. The number of aliphatic imine (C=N–C) groups is 2. The van der Waals surface area contributed by atoms with E-state index in [1.807, 2.05) is 7.05 Å². The number of halogens is 1. The van der Waals surface area contributed by atoms with Gasteiger partial charge in [0.15, 0.2) is 0 Å². The van der Waals surface area contributed by atoms with Crippen molar-refractivity contribution in [3.63, 3.8) is 0 Å². The monoisotopic (exact) mass is 658 g/mol. The van der Waals surface area contributed by atoms with Crippen molar-refractivity contribution >= 4 is 47.3 Å². The molecule has 7 heteroatoms. The maximum Gasteiger partial charge on any atom is 0.108 e. The lowest BCUT2D eigenvalue weighted by Gasteiger charge is -2.24. The fraction of sp³-hybridized carbons (Fsp3) is 0.500. The van der Waals surface area contributed by atoms with E-state index in [4.69, 9.17) is 9.98 Å². The molecule has 2 aromatic heterocycles. The van der Waals surface area contributed by atoms with Crippen molar-refractivity contribution in [2.24, 2.45) is 15.7 Å². The summed E-state index contributed by atoms with van der Waals surface area (Å²) in [4.78, 5) is 10.7. The number of hydrogen-bond acceptors (Lipinski definition) is 4. The van der Waals surface area contributed by atoms with Crippen molar-refractivity contribution in [1.82, 2.24) is 14.5 Å². The molecular weight excluding hydrogens is 600 g/mol. The fourth-order valence-corrected chi connectivity index (χ4v) is 7.70. The number of nitrogens with zero attached hydrogens (tertiary/aromatic N) is 4. The van der Waals surface area contributed by atoms with Crippen molar-refractivity contribution in [3.8, 4) is 0 Å². The number of hydrogen-bond donors (Lipinski definition) is 2. The van der Waals surface area contributed by atoms with Crippen molar-refractivity contribution < 1.29 is 0 Å². The summed E-state index contributed by atoms with van der Waals surface area (Å²) in [6, 6.07) is 0. The van der Waals surface area contributed by atoms with Gasteiger partial charge in [-0.3, -0.25) is 0 Å². The first kappa shape index (κ1) is 38.3. The molecule has 4 aliphatic rings. The first-order valence-corrected chi connectivity index (χ1v) is 17.8. The lowest BCUT2D eigenvalue weighted by molar-refractivity contribution is 0.448. The predicted octanol–water partition coefficient (Wildman–Crippen LogP) is 7.78. The van der Waals surface area contributed by atoms with Crippen LogP contribution in [0.4, 0.5) is 0 Å². The highest BCUT2D eigenvalue weighted by atomic mass is 35.5. The molecule has 6 heterocycles. The molecule has 6 bridgehead atoms. The Balaban J connectivity index is 0.00000116. The molecule has 6 nitrogen and oxygen atoms in total. The third-order valence-corrected chi connectivity index (χ3v) is 10.0. The molecule has 1 atom stereocenters. The van der Waals surface area contributed by atoms with E-state index in [-0.39, 0.29) is 13.6 Å². The number of nitrogens with one attached hydrogen (secondary N) is 1. The number of rotatable bonds is 8. The lowest BCUT2D eigenvalue weighted by Crippen LogP contribution is -2.36. The van der Waals surface area contributed by atoms with E-state index >= 15 is 0 Å². The molecule has 0 amide bonds. The highest BCUT2D eigenvalue weighted by Crippen LogP contribution is 2.38. The molecule has 0 spiro atoms. The molecule has 4 aliphatic heterocycles. The zero-order valence-electron chi connectivity index (χ0n) is 30.1. The zero-order chi connectivity index (χ0) is 33.9. The Morgan fingerprint density at radius 3 is 1.89 bits per heavy atom. The van der Waals surface area contributed by atoms with E-state index in [2.05, 4.69) is 111 Å². The van der Waals surface area contributed by atoms with Crippen LogP contribution in [0, 0.1) is 13.8 Å². The number of nitrogens with two attached hydrogens (primary N) is 1. The van der Waals surface area contributed by atoms with E-state index in [0.717, 1.165) is 67.9 Å². The van der Waals surface area contributed by atoms with Crippen LogP contribution in [0.5, 0.6) is 0 Å². The average Bonchev–Trinajstić information content (AvgIpc) is 3.70. The van der Waals surface area contributed by atoms with Crippen LogP contribution in [-0.4, -0.2) is 47.6 Å². The van der Waals surface area contributed by atoms with E-state index in [9.17, 15) is 0 Å². The molecule has 1 unspecified atom stereocenters. The van der Waals surface area contributed by atoms with Gasteiger partial charge >= 0.3 is 0 Å². The van der Waals surface area contributed by atoms with Crippen LogP contribution in [-0.2, 0) is 12.8 Å². The minimum absolute atomic E-state index is 0. The molecule has 0 aliphatic carbocycles. The SMILES string of the molecule is C.CCCC1=C(C)C2=NC1=Cc1c(CCCNC)c(C)c3n1C(C)n1c(c(C)c(CC)c1=CC1=NC(=C3)C(CC)=C1C)=C2.CCl.CN.